The first-order valence-electron chi connectivity index (χ1n) is 6.39. The van der Waals surface area contributed by atoms with Crippen molar-refractivity contribution in [1.29, 1.82) is 0 Å². The molecule has 0 bridgehead atoms. The highest BCUT2D eigenvalue weighted by molar-refractivity contribution is 9.10. The highest BCUT2D eigenvalue weighted by Crippen LogP contribution is 2.18. The molecule has 7 heteroatoms. The molecule has 0 aliphatic carbocycles. The minimum absolute atomic E-state index is 0.171. The molecule has 22 heavy (non-hydrogen) atoms. The van der Waals surface area contributed by atoms with Crippen LogP contribution in [-0.4, -0.2) is 23.1 Å². The Hall–Kier alpha value is -1.99. The summed E-state index contributed by atoms with van der Waals surface area (Å²) in [7, 11) is 1.51. The minimum atomic E-state index is -0.344. The maximum absolute atomic E-state index is 12.2. The fourth-order valence-electron chi connectivity index (χ4n) is 1.76. The van der Waals surface area contributed by atoms with Gasteiger partial charge in [-0.25, -0.2) is 4.98 Å². The first kappa shape index (κ1) is 16.4. The van der Waals surface area contributed by atoms with Crippen LogP contribution in [-0.2, 0) is 0 Å². The van der Waals surface area contributed by atoms with Crippen molar-refractivity contribution in [2.75, 3.05) is 12.4 Å². The topological polar surface area (TPSA) is 63.2 Å². The van der Waals surface area contributed by atoms with Crippen LogP contribution in [0.5, 0.6) is 5.75 Å². The summed E-state index contributed by atoms with van der Waals surface area (Å²) in [5, 5.41) is 5.65. The standard InChI is InChI=1S/C15H14BrN3O2S/c1-9-11(16)7-8-13(17-9)18-15(22)19-14(20)10-5-3-4-6-12(10)21-2/h3-8H,1-2H3,(H2,17,18,19,20,22). The molecule has 2 rings (SSSR count). The third-order valence-corrected chi connectivity index (χ3v) is 3.88. The van der Waals surface area contributed by atoms with Gasteiger partial charge in [0.2, 0.25) is 0 Å². The summed E-state index contributed by atoms with van der Waals surface area (Å²) >= 11 is 8.51. The number of amides is 1. The van der Waals surface area contributed by atoms with Crippen LogP contribution in [0.25, 0.3) is 0 Å². The molecule has 0 radical (unpaired) electrons. The number of halogens is 1. The molecule has 1 amide bonds. The number of aryl methyl sites for hydroxylation is 1. The number of carbonyl (C=O) groups excluding carboxylic acids is 1. The maximum atomic E-state index is 12.2. The maximum Gasteiger partial charge on any atom is 0.261 e. The predicted octanol–water partition coefficient (Wildman–Crippen LogP) is 3.29. The van der Waals surface area contributed by atoms with Crippen molar-refractivity contribution in [1.82, 2.24) is 10.3 Å². The Morgan fingerprint density at radius 2 is 2.00 bits per heavy atom. The summed E-state index contributed by atoms with van der Waals surface area (Å²) in [5.41, 5.74) is 1.23. The van der Waals surface area contributed by atoms with E-state index >= 15 is 0 Å². The molecule has 0 unspecified atom stereocenters. The second-order valence-electron chi connectivity index (χ2n) is 4.37. The zero-order chi connectivity index (χ0) is 16.1. The van der Waals surface area contributed by atoms with E-state index in [0.29, 0.717) is 17.1 Å². The Morgan fingerprint density at radius 1 is 1.27 bits per heavy atom. The lowest BCUT2D eigenvalue weighted by Gasteiger charge is -2.11. The zero-order valence-electron chi connectivity index (χ0n) is 12.0. The molecular weight excluding hydrogens is 366 g/mol. The number of para-hydroxylation sites is 1. The summed E-state index contributed by atoms with van der Waals surface area (Å²) in [6.45, 7) is 1.87. The van der Waals surface area contributed by atoms with Gasteiger partial charge in [-0.3, -0.25) is 10.1 Å². The average molecular weight is 380 g/mol. The molecule has 0 spiro atoms. The smallest absolute Gasteiger partial charge is 0.261 e. The highest BCUT2D eigenvalue weighted by atomic mass is 79.9. The number of thiocarbonyl (C=S) groups is 1. The van der Waals surface area contributed by atoms with Crippen molar-refractivity contribution in [2.45, 2.75) is 6.92 Å². The number of hydrogen-bond acceptors (Lipinski definition) is 4. The number of anilines is 1. The second-order valence-corrected chi connectivity index (χ2v) is 5.63. The monoisotopic (exact) mass is 379 g/mol. The third kappa shape index (κ3) is 4.02. The Kier molecular flexibility index (Phi) is 5.46. The number of rotatable bonds is 3. The summed E-state index contributed by atoms with van der Waals surface area (Å²) in [5.74, 6) is 0.704. The molecule has 0 aliphatic rings. The van der Waals surface area contributed by atoms with Gasteiger partial charge in [0.05, 0.1) is 18.4 Å². The second kappa shape index (κ2) is 7.33. The number of ether oxygens (including phenoxy) is 1. The fraction of sp³-hybridized carbons (Fsp3) is 0.133. The molecule has 0 aliphatic heterocycles. The fourth-order valence-corrected chi connectivity index (χ4v) is 2.18. The van der Waals surface area contributed by atoms with Gasteiger partial charge in [0.15, 0.2) is 5.11 Å². The van der Waals surface area contributed by atoms with Gasteiger partial charge in [0.1, 0.15) is 11.6 Å². The predicted molar refractivity (Wildman–Crippen MR) is 93.4 cm³/mol. The number of carbonyl (C=O) groups is 1. The normalized spacial score (nSPS) is 9.95. The molecule has 1 aromatic carbocycles. The zero-order valence-corrected chi connectivity index (χ0v) is 14.4. The summed E-state index contributed by atoms with van der Waals surface area (Å²) in [6, 6.07) is 10.5. The number of hydrogen-bond donors (Lipinski definition) is 2. The molecule has 1 heterocycles. The van der Waals surface area contributed by atoms with Crippen LogP contribution in [0.4, 0.5) is 5.82 Å². The number of nitrogens with one attached hydrogen (secondary N) is 2. The van der Waals surface area contributed by atoms with Crippen molar-refractivity contribution in [3.63, 3.8) is 0 Å². The van der Waals surface area contributed by atoms with E-state index in [0.717, 1.165) is 10.2 Å². The Labute approximate surface area is 142 Å². The summed E-state index contributed by atoms with van der Waals surface area (Å²) in [4.78, 5) is 16.5. The van der Waals surface area contributed by atoms with Crippen LogP contribution in [0.1, 0.15) is 16.1 Å². The van der Waals surface area contributed by atoms with Gasteiger partial charge in [0.25, 0.3) is 5.91 Å². The Bertz CT molecular complexity index is 722. The SMILES string of the molecule is COc1ccccc1C(=O)NC(=S)Nc1ccc(Br)c(C)n1. The first-order valence-corrected chi connectivity index (χ1v) is 7.60. The lowest BCUT2D eigenvalue weighted by molar-refractivity contribution is 0.0975. The lowest BCUT2D eigenvalue weighted by Crippen LogP contribution is -2.34. The first-order chi connectivity index (χ1) is 10.5. The molecule has 2 aromatic rings. The van der Waals surface area contributed by atoms with Gasteiger partial charge >= 0.3 is 0 Å². The average Bonchev–Trinajstić information content (AvgIpc) is 2.50. The van der Waals surface area contributed by atoms with Crippen molar-refractivity contribution in [2.24, 2.45) is 0 Å². The van der Waals surface area contributed by atoms with Crippen LogP contribution in [0.3, 0.4) is 0 Å². The molecule has 1 aromatic heterocycles. The Balaban J connectivity index is 2.05. The van der Waals surface area contributed by atoms with E-state index in [2.05, 4.69) is 31.5 Å². The van der Waals surface area contributed by atoms with Gasteiger partial charge in [-0.05, 0) is 59.3 Å². The molecular formula is C15H14BrN3O2S. The number of pyridine rings is 1. The number of aromatic nitrogens is 1. The summed E-state index contributed by atoms with van der Waals surface area (Å²) < 4.78 is 6.06. The van der Waals surface area contributed by atoms with Crippen molar-refractivity contribution in [3.05, 3.63) is 52.1 Å². The van der Waals surface area contributed by atoms with Crippen LogP contribution in [0.15, 0.2) is 40.9 Å². The van der Waals surface area contributed by atoms with Crippen LogP contribution < -0.4 is 15.4 Å². The van der Waals surface area contributed by atoms with Crippen molar-refractivity contribution < 1.29 is 9.53 Å². The van der Waals surface area contributed by atoms with E-state index in [1.807, 2.05) is 13.0 Å². The van der Waals surface area contributed by atoms with E-state index in [1.54, 1.807) is 30.3 Å². The van der Waals surface area contributed by atoms with Gasteiger partial charge in [-0.2, -0.15) is 0 Å². The van der Waals surface area contributed by atoms with E-state index in [1.165, 1.54) is 7.11 Å². The third-order valence-electron chi connectivity index (χ3n) is 2.84. The van der Waals surface area contributed by atoms with Crippen LogP contribution >= 0.6 is 28.1 Å². The Morgan fingerprint density at radius 3 is 2.68 bits per heavy atom. The molecule has 114 valence electrons. The van der Waals surface area contributed by atoms with Gasteiger partial charge in [-0.15, -0.1) is 0 Å². The largest absolute Gasteiger partial charge is 0.496 e. The van der Waals surface area contributed by atoms with Crippen molar-refractivity contribution >= 4 is 45.0 Å². The lowest BCUT2D eigenvalue weighted by atomic mass is 10.2. The van der Waals surface area contributed by atoms with Gasteiger partial charge in [-0.1, -0.05) is 12.1 Å². The molecule has 2 N–H and O–H groups in total. The van der Waals surface area contributed by atoms with Crippen LogP contribution in [0.2, 0.25) is 0 Å². The van der Waals surface area contributed by atoms with Crippen LogP contribution in [0, 0.1) is 6.92 Å². The minimum Gasteiger partial charge on any atom is -0.496 e. The van der Waals surface area contributed by atoms with E-state index in [9.17, 15) is 4.79 Å². The molecule has 5 nitrogen and oxygen atoms in total. The molecule has 0 fully saturated rings. The van der Waals surface area contributed by atoms with E-state index in [-0.39, 0.29) is 11.0 Å². The van der Waals surface area contributed by atoms with E-state index in [4.69, 9.17) is 17.0 Å². The number of nitrogens with zero attached hydrogens (tertiary/aromatic N) is 1. The molecule has 0 saturated heterocycles. The molecule has 0 atom stereocenters. The number of methoxy groups -OCH3 is 1. The summed E-state index contributed by atoms with van der Waals surface area (Å²) in [6.07, 6.45) is 0. The quantitative estimate of drug-likeness (QED) is 0.801. The van der Waals surface area contributed by atoms with Gasteiger partial charge in [0, 0.05) is 4.47 Å². The van der Waals surface area contributed by atoms with Crippen molar-refractivity contribution in [3.8, 4) is 5.75 Å². The highest BCUT2D eigenvalue weighted by Gasteiger charge is 2.13. The van der Waals surface area contributed by atoms with E-state index < -0.39 is 0 Å². The molecule has 0 saturated carbocycles. The van der Waals surface area contributed by atoms with Gasteiger partial charge < -0.3 is 10.1 Å². The number of benzene rings is 1.